The molecule has 0 aliphatic carbocycles. The first-order chi connectivity index (χ1) is 10.9. The van der Waals surface area contributed by atoms with Crippen LogP contribution in [0.3, 0.4) is 0 Å². The number of anilines is 1. The highest BCUT2D eigenvalue weighted by atomic mass is 16.6. The minimum absolute atomic E-state index is 0.0630. The molecule has 0 atom stereocenters. The summed E-state index contributed by atoms with van der Waals surface area (Å²) in [5.74, 6) is -2.77. The fraction of sp³-hybridized carbons (Fsp3) is 0. The summed E-state index contributed by atoms with van der Waals surface area (Å²) in [6, 6.07) is 7.63. The van der Waals surface area contributed by atoms with Crippen LogP contribution in [0.25, 0.3) is 6.08 Å². The summed E-state index contributed by atoms with van der Waals surface area (Å²) in [5.41, 5.74) is 5.92. The van der Waals surface area contributed by atoms with Gasteiger partial charge in [-0.1, -0.05) is 6.07 Å². The molecule has 5 N–H and O–H groups in total. The smallest absolute Gasteiger partial charge is 0.348 e. The third-order valence-corrected chi connectivity index (χ3v) is 2.86. The molecule has 0 saturated carbocycles. The minimum atomic E-state index is -0.999. The average Bonchev–Trinajstić information content (AvgIpc) is 2.50. The first-order valence-electron chi connectivity index (χ1n) is 6.41. The zero-order valence-corrected chi connectivity index (χ0v) is 11.8. The molecule has 0 radical (unpaired) electrons. The van der Waals surface area contributed by atoms with Crippen molar-refractivity contribution in [1.82, 2.24) is 0 Å². The Labute approximate surface area is 130 Å². The van der Waals surface area contributed by atoms with Crippen LogP contribution in [-0.2, 0) is 9.53 Å². The maximum atomic E-state index is 11.8. The van der Waals surface area contributed by atoms with Crippen LogP contribution < -0.4 is 5.73 Å². The SMILES string of the molecule is Nc1ccc(O)cc1C(=O)OC(=O)C=Cc1ccc(O)c(O)c1. The lowest BCUT2D eigenvalue weighted by Gasteiger charge is -2.04. The summed E-state index contributed by atoms with van der Waals surface area (Å²) in [5, 5.41) is 27.8. The number of carbonyl (C=O) groups excluding carboxylic acids is 2. The molecular weight excluding hydrogens is 302 g/mol. The number of carbonyl (C=O) groups is 2. The van der Waals surface area contributed by atoms with Crippen molar-refractivity contribution in [1.29, 1.82) is 0 Å². The van der Waals surface area contributed by atoms with Crippen molar-refractivity contribution in [3.05, 3.63) is 53.6 Å². The highest BCUT2D eigenvalue weighted by molar-refractivity contribution is 6.04. The van der Waals surface area contributed by atoms with Crippen molar-refractivity contribution in [3.63, 3.8) is 0 Å². The molecule has 0 bridgehead atoms. The van der Waals surface area contributed by atoms with Crippen LogP contribution in [0.5, 0.6) is 17.2 Å². The second-order valence-electron chi connectivity index (χ2n) is 4.56. The third kappa shape index (κ3) is 4.01. The van der Waals surface area contributed by atoms with Crippen LogP contribution in [0.2, 0.25) is 0 Å². The van der Waals surface area contributed by atoms with E-state index in [0.717, 1.165) is 12.1 Å². The van der Waals surface area contributed by atoms with Crippen LogP contribution in [0.4, 0.5) is 5.69 Å². The number of ether oxygens (including phenoxy) is 1. The highest BCUT2D eigenvalue weighted by Gasteiger charge is 2.15. The molecule has 2 aromatic rings. The van der Waals surface area contributed by atoms with Gasteiger partial charge in [0.2, 0.25) is 0 Å². The summed E-state index contributed by atoms with van der Waals surface area (Å²) >= 11 is 0. The van der Waals surface area contributed by atoms with E-state index in [1.54, 1.807) is 0 Å². The van der Waals surface area contributed by atoms with Crippen molar-refractivity contribution in [2.24, 2.45) is 0 Å². The summed E-state index contributed by atoms with van der Waals surface area (Å²) in [6.07, 6.45) is 2.27. The Hall–Kier alpha value is -3.48. The quantitative estimate of drug-likeness (QED) is 0.170. The Kier molecular flexibility index (Phi) is 4.51. The van der Waals surface area contributed by atoms with Crippen molar-refractivity contribution in [2.45, 2.75) is 0 Å². The Morgan fingerprint density at radius 1 is 1.00 bits per heavy atom. The molecule has 118 valence electrons. The van der Waals surface area contributed by atoms with E-state index in [4.69, 9.17) is 5.73 Å². The molecule has 2 rings (SSSR count). The fourth-order valence-corrected chi connectivity index (χ4v) is 1.71. The molecule has 23 heavy (non-hydrogen) atoms. The predicted octanol–water partition coefficient (Wildman–Crippen LogP) is 1.78. The van der Waals surface area contributed by atoms with Gasteiger partial charge in [0, 0.05) is 11.8 Å². The van der Waals surface area contributed by atoms with E-state index in [1.165, 1.54) is 36.4 Å². The van der Waals surface area contributed by atoms with E-state index in [9.17, 15) is 24.9 Å². The number of nitrogen functional groups attached to an aromatic ring is 1. The maximum Gasteiger partial charge on any atom is 0.348 e. The van der Waals surface area contributed by atoms with Crippen molar-refractivity contribution in [2.75, 3.05) is 5.73 Å². The molecule has 0 spiro atoms. The second-order valence-corrected chi connectivity index (χ2v) is 4.56. The van der Waals surface area contributed by atoms with Crippen molar-refractivity contribution in [3.8, 4) is 17.2 Å². The number of aromatic hydroxyl groups is 3. The standard InChI is InChI=1S/C16H13NO6/c17-12-4-3-10(18)8-11(12)16(22)23-15(21)6-2-9-1-5-13(19)14(20)7-9/h1-8,18-20H,17H2. The van der Waals surface area contributed by atoms with Crippen LogP contribution in [0, 0.1) is 0 Å². The lowest BCUT2D eigenvalue weighted by Crippen LogP contribution is -2.12. The molecule has 7 heteroatoms. The van der Waals surface area contributed by atoms with E-state index in [2.05, 4.69) is 4.74 Å². The minimum Gasteiger partial charge on any atom is -0.508 e. The molecule has 7 nitrogen and oxygen atoms in total. The number of phenols is 3. The number of rotatable bonds is 3. The van der Waals surface area contributed by atoms with Gasteiger partial charge in [0.25, 0.3) is 0 Å². The second kappa shape index (κ2) is 6.52. The lowest BCUT2D eigenvalue weighted by molar-refractivity contribution is -0.132. The Morgan fingerprint density at radius 3 is 2.43 bits per heavy atom. The van der Waals surface area contributed by atoms with Gasteiger partial charge in [-0.2, -0.15) is 0 Å². The third-order valence-electron chi connectivity index (χ3n) is 2.86. The van der Waals surface area contributed by atoms with Gasteiger partial charge in [0.1, 0.15) is 5.75 Å². The van der Waals surface area contributed by atoms with Gasteiger partial charge in [0.05, 0.1) is 5.56 Å². The number of hydrogen-bond acceptors (Lipinski definition) is 7. The van der Waals surface area contributed by atoms with Gasteiger partial charge in [0.15, 0.2) is 11.5 Å². The fourth-order valence-electron chi connectivity index (χ4n) is 1.71. The number of esters is 2. The van der Waals surface area contributed by atoms with E-state index in [1.807, 2.05) is 0 Å². The summed E-state index contributed by atoms with van der Waals surface area (Å²) < 4.78 is 4.58. The van der Waals surface area contributed by atoms with E-state index < -0.39 is 11.9 Å². The molecule has 0 aliphatic heterocycles. The molecular formula is C16H13NO6. The van der Waals surface area contributed by atoms with Gasteiger partial charge < -0.3 is 25.8 Å². The molecule has 0 saturated heterocycles. The largest absolute Gasteiger partial charge is 0.508 e. The number of hydrogen-bond donors (Lipinski definition) is 4. The zero-order valence-electron chi connectivity index (χ0n) is 11.8. The van der Waals surface area contributed by atoms with Crippen LogP contribution in [0.15, 0.2) is 42.5 Å². The molecule has 0 fully saturated rings. The average molecular weight is 315 g/mol. The van der Waals surface area contributed by atoms with Gasteiger partial charge >= 0.3 is 11.9 Å². The monoisotopic (exact) mass is 315 g/mol. The normalized spacial score (nSPS) is 10.6. The van der Waals surface area contributed by atoms with E-state index in [0.29, 0.717) is 5.56 Å². The summed E-state index contributed by atoms with van der Waals surface area (Å²) in [7, 11) is 0. The molecule has 2 aromatic carbocycles. The topological polar surface area (TPSA) is 130 Å². The van der Waals surface area contributed by atoms with Crippen LogP contribution in [0.1, 0.15) is 15.9 Å². The lowest BCUT2D eigenvalue weighted by atomic mass is 10.1. The van der Waals surface area contributed by atoms with Gasteiger partial charge in [-0.05, 0) is 42.0 Å². The number of benzene rings is 2. The maximum absolute atomic E-state index is 11.8. The van der Waals surface area contributed by atoms with Gasteiger partial charge in [-0.15, -0.1) is 0 Å². The Morgan fingerprint density at radius 2 is 1.74 bits per heavy atom. The first kappa shape index (κ1) is 15.9. The zero-order chi connectivity index (χ0) is 17.0. The number of phenolic OH excluding ortho intramolecular Hbond substituents is 3. The van der Waals surface area contributed by atoms with Gasteiger partial charge in [-0.25, -0.2) is 9.59 Å². The van der Waals surface area contributed by atoms with E-state index >= 15 is 0 Å². The number of nitrogens with two attached hydrogens (primary N) is 1. The van der Waals surface area contributed by atoms with Crippen molar-refractivity contribution < 1.29 is 29.6 Å². The molecule has 0 aromatic heterocycles. The Balaban J connectivity index is 2.06. The molecule has 0 aliphatic rings. The van der Waals surface area contributed by atoms with Crippen LogP contribution in [-0.4, -0.2) is 27.3 Å². The predicted molar refractivity (Wildman–Crippen MR) is 81.7 cm³/mol. The van der Waals surface area contributed by atoms with Gasteiger partial charge in [-0.3, -0.25) is 0 Å². The van der Waals surface area contributed by atoms with E-state index in [-0.39, 0.29) is 28.5 Å². The van der Waals surface area contributed by atoms with Crippen LogP contribution >= 0.6 is 0 Å². The highest BCUT2D eigenvalue weighted by Crippen LogP contribution is 2.25. The molecule has 0 heterocycles. The first-order valence-corrected chi connectivity index (χ1v) is 6.41. The summed E-state index contributed by atoms with van der Waals surface area (Å²) in [4.78, 5) is 23.4. The molecule has 0 unspecified atom stereocenters. The summed E-state index contributed by atoms with van der Waals surface area (Å²) in [6.45, 7) is 0. The molecule has 0 amide bonds. The Bertz CT molecular complexity index is 797. The van der Waals surface area contributed by atoms with Crippen molar-refractivity contribution >= 4 is 23.7 Å².